The molecule has 1 aliphatic heterocycles. The second kappa shape index (κ2) is 3.09. The SMILES string of the molecule is C1=CC2CC1C1CN(c3ccccn3)CC21. The van der Waals surface area contributed by atoms with Gasteiger partial charge in [0.25, 0.3) is 0 Å². The molecule has 82 valence electrons. The highest BCUT2D eigenvalue weighted by Crippen LogP contribution is 2.51. The fourth-order valence-corrected chi connectivity index (χ4v) is 3.88. The highest BCUT2D eigenvalue weighted by atomic mass is 15.2. The van der Waals surface area contributed by atoms with Gasteiger partial charge in [0.2, 0.25) is 0 Å². The Kier molecular flexibility index (Phi) is 1.70. The van der Waals surface area contributed by atoms with E-state index in [0.717, 1.165) is 29.5 Å². The van der Waals surface area contributed by atoms with Crippen molar-refractivity contribution in [2.24, 2.45) is 23.7 Å². The first-order chi connectivity index (χ1) is 7.92. The van der Waals surface area contributed by atoms with Gasteiger partial charge in [-0.25, -0.2) is 4.98 Å². The van der Waals surface area contributed by atoms with Crippen LogP contribution in [0.2, 0.25) is 0 Å². The summed E-state index contributed by atoms with van der Waals surface area (Å²) in [6.07, 6.45) is 8.23. The number of hydrogen-bond acceptors (Lipinski definition) is 2. The maximum Gasteiger partial charge on any atom is 0.128 e. The molecule has 0 spiro atoms. The molecule has 2 aliphatic carbocycles. The number of hydrogen-bond donors (Lipinski definition) is 0. The molecule has 1 aromatic rings. The summed E-state index contributed by atoms with van der Waals surface area (Å²) in [5, 5.41) is 0. The molecule has 4 rings (SSSR count). The normalized spacial score (nSPS) is 39.4. The Bertz CT molecular complexity index is 406. The van der Waals surface area contributed by atoms with Crippen LogP contribution in [0.1, 0.15) is 6.42 Å². The Hall–Kier alpha value is -1.31. The van der Waals surface area contributed by atoms with Gasteiger partial charge in [-0.1, -0.05) is 18.2 Å². The van der Waals surface area contributed by atoms with E-state index in [1.807, 2.05) is 12.3 Å². The molecule has 0 radical (unpaired) electrons. The van der Waals surface area contributed by atoms with Crippen LogP contribution in [0.5, 0.6) is 0 Å². The van der Waals surface area contributed by atoms with E-state index in [4.69, 9.17) is 0 Å². The van der Waals surface area contributed by atoms with Gasteiger partial charge in [-0.15, -0.1) is 0 Å². The summed E-state index contributed by atoms with van der Waals surface area (Å²) in [6, 6.07) is 6.21. The summed E-state index contributed by atoms with van der Waals surface area (Å²) in [7, 11) is 0. The molecule has 1 saturated heterocycles. The standard InChI is InChI=1S/C14H16N2/c1-2-6-15-14(3-1)16-8-12-10-4-5-11(7-10)13(12)9-16/h1-6,10-13H,7-9H2. The van der Waals surface area contributed by atoms with Crippen LogP contribution in [-0.2, 0) is 0 Å². The third-order valence-electron chi connectivity index (χ3n) is 4.64. The van der Waals surface area contributed by atoms with E-state index in [-0.39, 0.29) is 0 Å². The van der Waals surface area contributed by atoms with Gasteiger partial charge >= 0.3 is 0 Å². The number of fused-ring (bicyclic) bond motifs is 5. The van der Waals surface area contributed by atoms with Crippen molar-refractivity contribution in [3.63, 3.8) is 0 Å². The summed E-state index contributed by atoms with van der Waals surface area (Å²) >= 11 is 0. The summed E-state index contributed by atoms with van der Waals surface area (Å²) < 4.78 is 0. The molecule has 4 atom stereocenters. The van der Waals surface area contributed by atoms with Crippen LogP contribution >= 0.6 is 0 Å². The second-order valence-electron chi connectivity index (χ2n) is 5.37. The van der Waals surface area contributed by atoms with Gasteiger partial charge in [-0.2, -0.15) is 0 Å². The predicted octanol–water partition coefficient (Wildman–Crippen LogP) is 2.34. The van der Waals surface area contributed by atoms with Gasteiger partial charge in [0, 0.05) is 19.3 Å². The van der Waals surface area contributed by atoms with E-state index >= 15 is 0 Å². The number of nitrogens with zero attached hydrogens (tertiary/aromatic N) is 2. The van der Waals surface area contributed by atoms with E-state index in [2.05, 4.69) is 34.2 Å². The van der Waals surface area contributed by atoms with E-state index in [0.29, 0.717) is 0 Å². The quantitative estimate of drug-likeness (QED) is 0.664. The first kappa shape index (κ1) is 8.80. The Morgan fingerprint density at radius 2 is 1.81 bits per heavy atom. The highest BCUT2D eigenvalue weighted by Gasteiger charge is 2.49. The number of rotatable bonds is 1. The third-order valence-corrected chi connectivity index (χ3v) is 4.64. The minimum atomic E-state index is 0.865. The maximum atomic E-state index is 4.46. The summed E-state index contributed by atoms with van der Waals surface area (Å²) in [6.45, 7) is 2.43. The lowest BCUT2D eigenvalue weighted by atomic mass is 9.86. The zero-order valence-corrected chi connectivity index (χ0v) is 9.29. The molecule has 0 amide bonds. The molecule has 3 aliphatic rings. The summed E-state index contributed by atoms with van der Waals surface area (Å²) in [5.74, 6) is 4.69. The molecule has 2 fully saturated rings. The van der Waals surface area contributed by atoms with Crippen molar-refractivity contribution in [2.75, 3.05) is 18.0 Å². The fraction of sp³-hybridized carbons (Fsp3) is 0.500. The molecule has 2 nitrogen and oxygen atoms in total. The monoisotopic (exact) mass is 212 g/mol. The van der Waals surface area contributed by atoms with E-state index in [1.54, 1.807) is 0 Å². The number of pyridine rings is 1. The van der Waals surface area contributed by atoms with Gasteiger partial charge in [0.05, 0.1) is 0 Å². The van der Waals surface area contributed by atoms with E-state index in [1.165, 1.54) is 19.5 Å². The van der Waals surface area contributed by atoms with Gasteiger partial charge in [-0.05, 0) is 42.2 Å². The third kappa shape index (κ3) is 1.10. The minimum absolute atomic E-state index is 0.865. The second-order valence-corrected chi connectivity index (χ2v) is 5.37. The Labute approximate surface area is 96.0 Å². The van der Waals surface area contributed by atoms with Gasteiger partial charge in [0.15, 0.2) is 0 Å². The largest absolute Gasteiger partial charge is 0.356 e. The Balaban J connectivity index is 1.60. The Morgan fingerprint density at radius 3 is 2.44 bits per heavy atom. The van der Waals surface area contributed by atoms with Gasteiger partial charge in [0.1, 0.15) is 5.82 Å². The van der Waals surface area contributed by atoms with Crippen molar-refractivity contribution in [1.82, 2.24) is 4.98 Å². The predicted molar refractivity (Wildman–Crippen MR) is 64.2 cm³/mol. The van der Waals surface area contributed by atoms with Crippen molar-refractivity contribution in [3.8, 4) is 0 Å². The smallest absolute Gasteiger partial charge is 0.128 e. The summed E-state index contributed by atoms with van der Waals surface area (Å²) in [4.78, 5) is 6.94. The number of aromatic nitrogens is 1. The Morgan fingerprint density at radius 1 is 1.06 bits per heavy atom. The van der Waals surface area contributed by atoms with E-state index in [9.17, 15) is 0 Å². The van der Waals surface area contributed by atoms with Crippen molar-refractivity contribution in [3.05, 3.63) is 36.5 Å². The highest BCUT2D eigenvalue weighted by molar-refractivity contribution is 5.41. The first-order valence-corrected chi connectivity index (χ1v) is 6.26. The average Bonchev–Trinajstić information content (AvgIpc) is 3.02. The van der Waals surface area contributed by atoms with Gasteiger partial charge in [-0.3, -0.25) is 0 Å². The number of allylic oxidation sites excluding steroid dienone is 2. The van der Waals surface area contributed by atoms with Crippen molar-refractivity contribution >= 4 is 5.82 Å². The zero-order chi connectivity index (χ0) is 10.5. The molecular formula is C14H16N2. The van der Waals surface area contributed by atoms with Crippen molar-refractivity contribution < 1.29 is 0 Å². The lowest BCUT2D eigenvalue weighted by Crippen LogP contribution is -2.23. The molecule has 0 aromatic carbocycles. The topological polar surface area (TPSA) is 16.1 Å². The first-order valence-electron chi connectivity index (χ1n) is 6.26. The van der Waals surface area contributed by atoms with Crippen LogP contribution < -0.4 is 4.90 Å². The van der Waals surface area contributed by atoms with Crippen LogP contribution in [0.4, 0.5) is 5.82 Å². The maximum absolute atomic E-state index is 4.46. The van der Waals surface area contributed by atoms with Crippen LogP contribution in [-0.4, -0.2) is 18.1 Å². The van der Waals surface area contributed by atoms with E-state index < -0.39 is 0 Å². The fourth-order valence-electron chi connectivity index (χ4n) is 3.88. The lowest BCUT2D eigenvalue weighted by Gasteiger charge is -2.19. The molecule has 1 aromatic heterocycles. The molecule has 4 unspecified atom stereocenters. The van der Waals surface area contributed by atoms with Crippen LogP contribution in [0.3, 0.4) is 0 Å². The van der Waals surface area contributed by atoms with Crippen LogP contribution in [0, 0.1) is 23.7 Å². The lowest BCUT2D eigenvalue weighted by molar-refractivity contribution is 0.395. The molecule has 2 heteroatoms. The number of anilines is 1. The molecule has 2 heterocycles. The molecule has 1 saturated carbocycles. The zero-order valence-electron chi connectivity index (χ0n) is 9.29. The average molecular weight is 212 g/mol. The molecular weight excluding hydrogens is 196 g/mol. The summed E-state index contributed by atoms with van der Waals surface area (Å²) in [5.41, 5.74) is 0. The van der Waals surface area contributed by atoms with Crippen molar-refractivity contribution in [1.29, 1.82) is 0 Å². The van der Waals surface area contributed by atoms with Crippen molar-refractivity contribution in [2.45, 2.75) is 6.42 Å². The minimum Gasteiger partial charge on any atom is -0.356 e. The van der Waals surface area contributed by atoms with Gasteiger partial charge < -0.3 is 4.90 Å². The molecule has 16 heavy (non-hydrogen) atoms. The molecule has 2 bridgehead atoms. The van der Waals surface area contributed by atoms with Crippen LogP contribution in [0.25, 0.3) is 0 Å². The van der Waals surface area contributed by atoms with Crippen LogP contribution in [0.15, 0.2) is 36.5 Å². The molecule has 0 N–H and O–H groups in total.